The first-order valence-corrected chi connectivity index (χ1v) is 6.96. The fourth-order valence-electron chi connectivity index (χ4n) is 2.75. The van der Waals surface area contributed by atoms with Gasteiger partial charge in [0.25, 0.3) is 0 Å². The molecule has 2 heteroatoms. The van der Waals surface area contributed by atoms with Gasteiger partial charge in [-0.15, -0.1) is 0 Å². The second kappa shape index (κ2) is 5.83. The van der Waals surface area contributed by atoms with E-state index in [1.54, 1.807) is 0 Å². The van der Waals surface area contributed by atoms with Crippen LogP contribution in [0.25, 0.3) is 0 Å². The van der Waals surface area contributed by atoms with Crippen molar-refractivity contribution in [2.45, 2.75) is 38.0 Å². The highest BCUT2D eigenvalue weighted by Crippen LogP contribution is 2.35. The van der Waals surface area contributed by atoms with Gasteiger partial charge >= 0.3 is 0 Å². The van der Waals surface area contributed by atoms with E-state index in [1.807, 2.05) is 6.07 Å². The van der Waals surface area contributed by atoms with E-state index in [0.717, 1.165) is 16.8 Å². The maximum atomic E-state index is 9.54. The van der Waals surface area contributed by atoms with Gasteiger partial charge in [-0.1, -0.05) is 59.8 Å². The molecule has 0 heterocycles. The minimum absolute atomic E-state index is 0.263. The Morgan fingerprint density at radius 1 is 1.25 bits per heavy atom. The van der Waals surface area contributed by atoms with Gasteiger partial charge in [-0.2, -0.15) is 0 Å². The van der Waals surface area contributed by atoms with Crippen LogP contribution in [-0.2, 0) is 0 Å². The molecule has 1 saturated carbocycles. The van der Waals surface area contributed by atoms with Gasteiger partial charge in [0.1, 0.15) is 0 Å². The molecule has 0 amide bonds. The van der Waals surface area contributed by atoms with Crippen LogP contribution in [0.5, 0.6) is 0 Å². The molecule has 1 unspecified atom stereocenters. The normalized spacial score (nSPS) is 18.9. The molecule has 1 aliphatic rings. The van der Waals surface area contributed by atoms with E-state index in [2.05, 4.69) is 34.1 Å². The molecule has 0 spiro atoms. The highest BCUT2D eigenvalue weighted by molar-refractivity contribution is 9.10. The molecular formula is C14H19BrO. The lowest BCUT2D eigenvalue weighted by Gasteiger charge is -2.19. The third-order valence-corrected chi connectivity index (χ3v) is 4.38. The van der Waals surface area contributed by atoms with E-state index in [4.69, 9.17) is 0 Å². The van der Waals surface area contributed by atoms with Gasteiger partial charge in [-0.25, -0.2) is 0 Å². The van der Waals surface area contributed by atoms with Gasteiger partial charge < -0.3 is 5.11 Å². The average Bonchev–Trinajstić information content (AvgIpc) is 2.80. The topological polar surface area (TPSA) is 20.2 Å². The summed E-state index contributed by atoms with van der Waals surface area (Å²) in [6.45, 7) is 0.263. The zero-order valence-electron chi connectivity index (χ0n) is 9.53. The molecule has 0 aliphatic heterocycles. The molecule has 0 radical (unpaired) electrons. The number of benzene rings is 1. The standard InChI is InChI=1S/C14H19BrO/c15-14-8-4-3-7-13(14)12(10-16)9-11-5-1-2-6-11/h3-4,7-8,11-12,16H,1-2,5-6,9-10H2. The first-order chi connectivity index (χ1) is 7.81. The van der Waals surface area contributed by atoms with Crippen molar-refractivity contribution in [1.29, 1.82) is 0 Å². The van der Waals surface area contributed by atoms with Gasteiger partial charge in [0, 0.05) is 17.0 Å². The zero-order valence-corrected chi connectivity index (χ0v) is 11.1. The fraction of sp³-hybridized carbons (Fsp3) is 0.571. The summed E-state index contributed by atoms with van der Waals surface area (Å²) in [4.78, 5) is 0. The Labute approximate surface area is 106 Å². The summed E-state index contributed by atoms with van der Waals surface area (Å²) in [7, 11) is 0. The number of hydrogen-bond donors (Lipinski definition) is 1. The average molecular weight is 283 g/mol. The van der Waals surface area contributed by atoms with E-state index < -0.39 is 0 Å². The van der Waals surface area contributed by atoms with E-state index in [1.165, 1.54) is 31.2 Å². The van der Waals surface area contributed by atoms with Crippen LogP contribution in [-0.4, -0.2) is 11.7 Å². The van der Waals surface area contributed by atoms with E-state index in [9.17, 15) is 5.11 Å². The Bertz CT molecular complexity index is 331. The van der Waals surface area contributed by atoms with Crippen LogP contribution >= 0.6 is 15.9 Å². The van der Waals surface area contributed by atoms with Crippen LogP contribution in [0.3, 0.4) is 0 Å². The lowest BCUT2D eigenvalue weighted by Crippen LogP contribution is -2.09. The lowest BCUT2D eigenvalue weighted by atomic mass is 9.88. The number of aliphatic hydroxyl groups is 1. The Morgan fingerprint density at radius 3 is 2.56 bits per heavy atom. The SMILES string of the molecule is OCC(CC1CCCC1)c1ccccc1Br. The molecule has 88 valence electrons. The molecular weight excluding hydrogens is 264 g/mol. The summed E-state index contributed by atoms with van der Waals surface area (Å²) >= 11 is 3.58. The van der Waals surface area contributed by atoms with Crippen molar-refractivity contribution >= 4 is 15.9 Å². The van der Waals surface area contributed by atoms with Crippen molar-refractivity contribution in [1.82, 2.24) is 0 Å². The Balaban J connectivity index is 2.06. The first kappa shape index (κ1) is 12.1. The van der Waals surface area contributed by atoms with Gasteiger partial charge in [-0.05, 0) is 24.0 Å². The molecule has 0 aromatic heterocycles. The maximum absolute atomic E-state index is 9.54. The van der Waals surface area contributed by atoms with Crippen LogP contribution in [0.15, 0.2) is 28.7 Å². The second-order valence-corrected chi connectivity index (χ2v) is 5.64. The third-order valence-electron chi connectivity index (χ3n) is 3.66. The quantitative estimate of drug-likeness (QED) is 0.881. The second-order valence-electron chi connectivity index (χ2n) is 4.79. The first-order valence-electron chi connectivity index (χ1n) is 6.16. The highest BCUT2D eigenvalue weighted by Gasteiger charge is 2.21. The maximum Gasteiger partial charge on any atom is 0.0500 e. The van der Waals surface area contributed by atoms with Gasteiger partial charge in [0.05, 0.1) is 0 Å². The molecule has 0 saturated heterocycles. The fourth-order valence-corrected chi connectivity index (χ4v) is 3.36. The van der Waals surface area contributed by atoms with Crippen molar-refractivity contribution in [3.8, 4) is 0 Å². The van der Waals surface area contributed by atoms with Crippen LogP contribution < -0.4 is 0 Å². The van der Waals surface area contributed by atoms with Crippen LogP contribution in [0.1, 0.15) is 43.6 Å². The minimum Gasteiger partial charge on any atom is -0.396 e. The van der Waals surface area contributed by atoms with E-state index in [-0.39, 0.29) is 6.61 Å². The number of rotatable bonds is 4. The molecule has 1 nitrogen and oxygen atoms in total. The predicted molar refractivity (Wildman–Crippen MR) is 70.5 cm³/mol. The van der Waals surface area contributed by atoms with Crippen molar-refractivity contribution in [3.05, 3.63) is 34.3 Å². The molecule has 1 aromatic rings. The summed E-state index contributed by atoms with van der Waals surface area (Å²) in [5.41, 5.74) is 1.26. The van der Waals surface area contributed by atoms with E-state index >= 15 is 0 Å². The van der Waals surface area contributed by atoms with Crippen molar-refractivity contribution in [2.24, 2.45) is 5.92 Å². The van der Waals surface area contributed by atoms with Crippen molar-refractivity contribution < 1.29 is 5.11 Å². The molecule has 1 aliphatic carbocycles. The van der Waals surface area contributed by atoms with Crippen molar-refractivity contribution in [2.75, 3.05) is 6.61 Å². The summed E-state index contributed by atoms with van der Waals surface area (Å²) in [6.07, 6.45) is 6.58. The number of hydrogen-bond acceptors (Lipinski definition) is 1. The summed E-state index contributed by atoms with van der Waals surface area (Å²) in [6, 6.07) is 8.27. The number of halogens is 1. The Kier molecular flexibility index (Phi) is 4.42. The lowest BCUT2D eigenvalue weighted by molar-refractivity contribution is 0.243. The Morgan fingerprint density at radius 2 is 1.94 bits per heavy atom. The molecule has 0 bridgehead atoms. The summed E-state index contributed by atoms with van der Waals surface area (Å²) in [5.74, 6) is 1.13. The molecule has 1 atom stereocenters. The van der Waals surface area contributed by atoms with E-state index in [0.29, 0.717) is 5.92 Å². The molecule has 1 aromatic carbocycles. The predicted octanol–water partition coefficient (Wildman–Crippen LogP) is 4.11. The molecule has 2 rings (SSSR count). The minimum atomic E-state index is 0.263. The third kappa shape index (κ3) is 2.86. The Hall–Kier alpha value is -0.340. The summed E-state index contributed by atoms with van der Waals surface area (Å²) < 4.78 is 1.13. The van der Waals surface area contributed by atoms with Gasteiger partial charge in [0.2, 0.25) is 0 Å². The zero-order chi connectivity index (χ0) is 11.4. The van der Waals surface area contributed by atoms with Crippen molar-refractivity contribution in [3.63, 3.8) is 0 Å². The van der Waals surface area contributed by atoms with Crippen LogP contribution in [0.4, 0.5) is 0 Å². The molecule has 16 heavy (non-hydrogen) atoms. The summed E-state index contributed by atoms with van der Waals surface area (Å²) in [5, 5.41) is 9.54. The monoisotopic (exact) mass is 282 g/mol. The van der Waals surface area contributed by atoms with Gasteiger partial charge in [0.15, 0.2) is 0 Å². The van der Waals surface area contributed by atoms with Crippen LogP contribution in [0.2, 0.25) is 0 Å². The molecule has 1 fully saturated rings. The number of aliphatic hydroxyl groups excluding tert-OH is 1. The smallest absolute Gasteiger partial charge is 0.0500 e. The van der Waals surface area contributed by atoms with Gasteiger partial charge in [-0.3, -0.25) is 0 Å². The highest BCUT2D eigenvalue weighted by atomic mass is 79.9. The van der Waals surface area contributed by atoms with Crippen LogP contribution in [0, 0.1) is 5.92 Å². The molecule has 1 N–H and O–H groups in total. The largest absolute Gasteiger partial charge is 0.396 e.